The monoisotopic (exact) mass is 262 g/mol. The molecule has 1 amide bonds. The minimum atomic E-state index is -4.51. The summed E-state index contributed by atoms with van der Waals surface area (Å²) in [7, 11) is 0. The Morgan fingerprint density at radius 2 is 2.00 bits per heavy atom. The number of alkyl halides is 3. The van der Waals surface area contributed by atoms with Gasteiger partial charge in [0.05, 0.1) is 12.0 Å². The molecule has 2 N–H and O–H groups in total. The van der Waals surface area contributed by atoms with Gasteiger partial charge in [-0.3, -0.25) is 14.6 Å². The Balaban J connectivity index is 2.62. The van der Waals surface area contributed by atoms with E-state index in [9.17, 15) is 22.8 Å². The molecule has 8 heteroatoms. The van der Waals surface area contributed by atoms with Crippen LogP contribution in [0.1, 0.15) is 22.5 Å². The second kappa shape index (κ2) is 5.48. The van der Waals surface area contributed by atoms with Crippen molar-refractivity contribution >= 4 is 11.9 Å². The predicted octanol–water partition coefficient (Wildman–Crippen LogP) is 1.30. The Morgan fingerprint density at radius 1 is 1.33 bits per heavy atom. The number of hydrogen-bond donors (Lipinski definition) is 2. The van der Waals surface area contributed by atoms with Crippen LogP contribution in [0, 0.1) is 0 Å². The number of amides is 1. The van der Waals surface area contributed by atoms with E-state index in [2.05, 4.69) is 10.3 Å². The Morgan fingerprint density at radius 3 is 2.44 bits per heavy atom. The van der Waals surface area contributed by atoms with Crippen molar-refractivity contribution < 1.29 is 27.9 Å². The molecule has 0 saturated carbocycles. The highest BCUT2D eigenvalue weighted by atomic mass is 19.4. The molecule has 0 aliphatic rings. The molecule has 1 heterocycles. The number of carboxylic acids is 1. The molecule has 98 valence electrons. The number of nitrogens with one attached hydrogen (secondary N) is 1. The van der Waals surface area contributed by atoms with Crippen LogP contribution in [-0.4, -0.2) is 28.5 Å². The molecule has 1 rings (SSSR count). The van der Waals surface area contributed by atoms with E-state index in [-0.39, 0.29) is 18.7 Å². The molecule has 0 atom stereocenters. The number of nitrogens with zero attached hydrogens (tertiary/aromatic N) is 1. The molecule has 0 fully saturated rings. The predicted molar refractivity (Wildman–Crippen MR) is 53.8 cm³/mol. The quantitative estimate of drug-likeness (QED) is 0.857. The van der Waals surface area contributed by atoms with Gasteiger partial charge in [0.25, 0.3) is 5.91 Å². The molecule has 18 heavy (non-hydrogen) atoms. The highest BCUT2D eigenvalue weighted by Crippen LogP contribution is 2.28. The smallest absolute Gasteiger partial charge is 0.417 e. The zero-order valence-electron chi connectivity index (χ0n) is 8.99. The van der Waals surface area contributed by atoms with E-state index >= 15 is 0 Å². The third-order valence-corrected chi connectivity index (χ3v) is 1.95. The van der Waals surface area contributed by atoms with Crippen molar-refractivity contribution in [3.05, 3.63) is 29.6 Å². The molecule has 0 aromatic carbocycles. The lowest BCUT2D eigenvalue weighted by Gasteiger charge is -2.07. The number of carboxylic acid groups (broad SMARTS) is 1. The van der Waals surface area contributed by atoms with E-state index in [1.165, 1.54) is 0 Å². The molecule has 0 bridgehead atoms. The van der Waals surface area contributed by atoms with Crippen LogP contribution in [0.25, 0.3) is 0 Å². The molecule has 0 unspecified atom stereocenters. The fourth-order valence-electron chi connectivity index (χ4n) is 1.07. The highest BCUT2D eigenvalue weighted by Gasteiger charge is 2.30. The average Bonchev–Trinajstić information content (AvgIpc) is 2.27. The van der Waals surface area contributed by atoms with Crippen molar-refractivity contribution in [1.29, 1.82) is 0 Å². The van der Waals surface area contributed by atoms with Gasteiger partial charge in [0, 0.05) is 12.7 Å². The third kappa shape index (κ3) is 4.04. The van der Waals surface area contributed by atoms with Crippen LogP contribution in [0.2, 0.25) is 0 Å². The topological polar surface area (TPSA) is 79.3 Å². The Bertz CT molecular complexity index is 443. The summed E-state index contributed by atoms with van der Waals surface area (Å²) in [5.41, 5.74) is -1.15. The first-order chi connectivity index (χ1) is 8.30. The number of carbonyl (C=O) groups excluding carboxylic acids is 1. The molecule has 1 aromatic heterocycles. The van der Waals surface area contributed by atoms with Crippen LogP contribution in [0.3, 0.4) is 0 Å². The van der Waals surface area contributed by atoms with E-state index in [1.54, 1.807) is 0 Å². The summed E-state index contributed by atoms with van der Waals surface area (Å²) in [5, 5.41) is 10.6. The minimum absolute atomic E-state index is 0.114. The normalized spacial score (nSPS) is 11.1. The highest BCUT2D eigenvalue weighted by molar-refractivity contribution is 5.92. The molecule has 1 aromatic rings. The van der Waals surface area contributed by atoms with Crippen molar-refractivity contribution in [2.24, 2.45) is 0 Å². The van der Waals surface area contributed by atoms with Gasteiger partial charge in [-0.15, -0.1) is 0 Å². The number of pyridine rings is 1. The summed E-state index contributed by atoms with van der Waals surface area (Å²) in [5.74, 6) is -1.80. The van der Waals surface area contributed by atoms with Crippen molar-refractivity contribution in [1.82, 2.24) is 10.3 Å². The van der Waals surface area contributed by atoms with Gasteiger partial charge in [-0.05, 0) is 12.1 Å². The number of aromatic nitrogens is 1. The van der Waals surface area contributed by atoms with Crippen molar-refractivity contribution in [2.75, 3.05) is 6.54 Å². The first-order valence-electron chi connectivity index (χ1n) is 4.84. The molecular weight excluding hydrogens is 253 g/mol. The summed E-state index contributed by atoms with van der Waals surface area (Å²) in [6, 6.07) is 1.66. The summed E-state index contributed by atoms with van der Waals surface area (Å²) in [6.45, 7) is -0.114. The standard InChI is InChI=1S/C10H9F3N2O3/c11-10(12,13)6-1-2-7(15-5-6)9(18)14-4-3-8(16)17/h1-2,5H,3-4H2,(H,14,18)(H,16,17). The molecule has 5 nitrogen and oxygen atoms in total. The number of halogens is 3. The van der Waals surface area contributed by atoms with E-state index in [0.29, 0.717) is 6.20 Å². The van der Waals surface area contributed by atoms with Gasteiger partial charge in [-0.1, -0.05) is 0 Å². The van der Waals surface area contributed by atoms with Crippen LogP contribution in [0.4, 0.5) is 13.2 Å². The van der Waals surface area contributed by atoms with Gasteiger partial charge in [-0.2, -0.15) is 13.2 Å². The lowest BCUT2D eigenvalue weighted by Crippen LogP contribution is -2.26. The lowest BCUT2D eigenvalue weighted by molar-refractivity contribution is -0.138. The molecule has 0 radical (unpaired) electrons. The number of aliphatic carboxylic acids is 1. The number of rotatable bonds is 4. The molecular formula is C10H9F3N2O3. The molecule has 0 aliphatic carbocycles. The first kappa shape index (κ1) is 13.9. The van der Waals surface area contributed by atoms with Crippen LogP contribution >= 0.6 is 0 Å². The summed E-state index contributed by atoms with van der Waals surface area (Å²) in [6.07, 6.45) is -4.23. The molecule has 0 aliphatic heterocycles. The van der Waals surface area contributed by atoms with Crippen molar-refractivity contribution in [3.63, 3.8) is 0 Å². The van der Waals surface area contributed by atoms with Gasteiger partial charge in [0.2, 0.25) is 0 Å². The van der Waals surface area contributed by atoms with E-state index in [1.807, 2.05) is 0 Å². The fraction of sp³-hybridized carbons (Fsp3) is 0.300. The molecule has 0 saturated heterocycles. The minimum Gasteiger partial charge on any atom is -0.481 e. The summed E-state index contributed by atoms with van der Waals surface area (Å²) < 4.78 is 36.6. The van der Waals surface area contributed by atoms with Gasteiger partial charge in [0.15, 0.2) is 0 Å². The zero-order valence-corrected chi connectivity index (χ0v) is 8.99. The van der Waals surface area contributed by atoms with Crippen LogP contribution in [0.5, 0.6) is 0 Å². The Kier molecular flexibility index (Phi) is 4.24. The van der Waals surface area contributed by atoms with Gasteiger partial charge >= 0.3 is 12.1 Å². The fourth-order valence-corrected chi connectivity index (χ4v) is 1.07. The maximum atomic E-state index is 12.2. The second-order valence-corrected chi connectivity index (χ2v) is 3.33. The average molecular weight is 262 g/mol. The Labute approximate surface area is 99.6 Å². The number of carbonyl (C=O) groups is 2. The first-order valence-corrected chi connectivity index (χ1v) is 4.84. The van der Waals surface area contributed by atoms with Crippen molar-refractivity contribution in [3.8, 4) is 0 Å². The Hall–Kier alpha value is -2.12. The number of hydrogen-bond acceptors (Lipinski definition) is 3. The SMILES string of the molecule is O=C(O)CCNC(=O)c1ccc(C(F)(F)F)cn1. The largest absolute Gasteiger partial charge is 0.481 e. The van der Waals surface area contributed by atoms with Crippen LogP contribution < -0.4 is 5.32 Å². The third-order valence-electron chi connectivity index (χ3n) is 1.95. The molecule has 0 spiro atoms. The van der Waals surface area contributed by atoms with Crippen molar-refractivity contribution in [2.45, 2.75) is 12.6 Å². The zero-order chi connectivity index (χ0) is 13.8. The van der Waals surface area contributed by atoms with E-state index in [4.69, 9.17) is 5.11 Å². The van der Waals surface area contributed by atoms with Crippen LogP contribution in [-0.2, 0) is 11.0 Å². The lowest BCUT2D eigenvalue weighted by atomic mass is 10.2. The summed E-state index contributed by atoms with van der Waals surface area (Å²) >= 11 is 0. The van der Waals surface area contributed by atoms with E-state index in [0.717, 1.165) is 12.1 Å². The summed E-state index contributed by atoms with van der Waals surface area (Å²) in [4.78, 5) is 24.9. The van der Waals surface area contributed by atoms with Gasteiger partial charge in [-0.25, -0.2) is 0 Å². The van der Waals surface area contributed by atoms with E-state index < -0.39 is 23.6 Å². The maximum Gasteiger partial charge on any atom is 0.417 e. The maximum absolute atomic E-state index is 12.2. The second-order valence-electron chi connectivity index (χ2n) is 3.33. The van der Waals surface area contributed by atoms with Gasteiger partial charge in [0.1, 0.15) is 5.69 Å². The van der Waals surface area contributed by atoms with Crippen LogP contribution in [0.15, 0.2) is 18.3 Å². The van der Waals surface area contributed by atoms with Gasteiger partial charge < -0.3 is 10.4 Å².